The van der Waals surface area contributed by atoms with E-state index in [9.17, 15) is 9.59 Å². The van der Waals surface area contributed by atoms with E-state index in [1.54, 1.807) is 0 Å². The lowest BCUT2D eigenvalue weighted by molar-refractivity contribution is -0.112. The Morgan fingerprint density at radius 2 is 1.88 bits per heavy atom. The molecule has 0 radical (unpaired) electrons. The van der Waals surface area contributed by atoms with E-state index in [-0.39, 0.29) is 10.4 Å². The van der Waals surface area contributed by atoms with Crippen molar-refractivity contribution in [2.24, 2.45) is 0 Å². The average Bonchev–Trinajstić information content (AvgIpc) is 2.94. The highest BCUT2D eigenvalue weighted by Gasteiger charge is 2.31. The number of ether oxygens (including phenoxy) is 1. The molecule has 1 saturated heterocycles. The van der Waals surface area contributed by atoms with Crippen molar-refractivity contribution in [3.63, 3.8) is 0 Å². The van der Waals surface area contributed by atoms with Crippen LogP contribution in [0.2, 0.25) is 0 Å². The number of benzene rings is 1. The third-order valence-electron chi connectivity index (χ3n) is 3.99. The van der Waals surface area contributed by atoms with E-state index in [0.29, 0.717) is 13.0 Å². The normalized spacial score (nSPS) is 16.8. The number of hydrogen-bond donors (Lipinski definition) is 1. The average molecular weight is 356 g/mol. The summed E-state index contributed by atoms with van der Waals surface area (Å²) in [5.41, 5.74) is 3.11. The molecule has 6 heteroatoms. The van der Waals surface area contributed by atoms with E-state index in [1.165, 1.54) is 0 Å². The first-order chi connectivity index (χ1) is 12.1. The summed E-state index contributed by atoms with van der Waals surface area (Å²) in [5.74, 6) is 0.784. The van der Waals surface area contributed by atoms with Crippen LogP contribution in [-0.2, 0) is 24.1 Å². The van der Waals surface area contributed by atoms with Crippen molar-refractivity contribution in [1.82, 2.24) is 10.3 Å². The molecule has 1 aromatic heterocycles. The number of nitrogens with zero attached hydrogens (tertiary/aromatic N) is 1. The molecule has 1 aromatic carbocycles. The second-order valence-electron chi connectivity index (χ2n) is 5.83. The number of carbonyl (C=O) groups excluding carboxylic acids is 2. The zero-order valence-electron chi connectivity index (χ0n) is 14.0. The highest BCUT2D eigenvalue weighted by molar-refractivity contribution is 8.26. The van der Waals surface area contributed by atoms with Gasteiger partial charge in [0.15, 0.2) is 0 Å². The molecule has 1 fully saturated rings. The number of nitrogens with one attached hydrogen (secondary N) is 1. The molecular formula is C19H20N2O3S. The van der Waals surface area contributed by atoms with Crippen LogP contribution in [0, 0.1) is 0 Å². The van der Waals surface area contributed by atoms with Crippen molar-refractivity contribution in [1.29, 1.82) is 0 Å². The second-order valence-corrected chi connectivity index (χ2v) is 6.80. The maximum atomic E-state index is 11.6. The Morgan fingerprint density at radius 3 is 2.56 bits per heavy atom. The fourth-order valence-electron chi connectivity index (χ4n) is 2.62. The molecular weight excluding hydrogens is 336 g/mol. The van der Waals surface area contributed by atoms with Gasteiger partial charge in [-0.05, 0) is 36.2 Å². The van der Waals surface area contributed by atoms with Crippen molar-refractivity contribution < 1.29 is 14.3 Å². The number of rotatable bonds is 7. The Hall–Kier alpha value is -2.34. The van der Waals surface area contributed by atoms with Crippen LogP contribution in [0.25, 0.3) is 0 Å². The van der Waals surface area contributed by atoms with E-state index in [0.717, 1.165) is 47.3 Å². The minimum Gasteiger partial charge on any atom is -0.493 e. The fraction of sp³-hybridized carbons (Fsp3) is 0.316. The molecule has 0 aliphatic carbocycles. The first-order valence-corrected chi connectivity index (χ1v) is 9.14. The quantitative estimate of drug-likeness (QED) is 0.825. The summed E-state index contributed by atoms with van der Waals surface area (Å²) < 4.78 is 5.77. The zero-order chi connectivity index (χ0) is 17.6. The van der Waals surface area contributed by atoms with Crippen LogP contribution in [0.4, 0.5) is 4.79 Å². The molecule has 0 bridgehead atoms. The van der Waals surface area contributed by atoms with Gasteiger partial charge in [0, 0.05) is 36.0 Å². The van der Waals surface area contributed by atoms with Gasteiger partial charge in [0.1, 0.15) is 11.8 Å². The van der Waals surface area contributed by atoms with Crippen LogP contribution in [-0.4, -0.2) is 28.0 Å². The van der Waals surface area contributed by atoms with E-state index in [1.807, 2.05) is 42.5 Å². The molecule has 5 nitrogen and oxygen atoms in total. The molecule has 1 amide bonds. The molecule has 1 atom stereocenters. The molecule has 130 valence electrons. The molecule has 25 heavy (non-hydrogen) atoms. The van der Waals surface area contributed by atoms with Gasteiger partial charge in [0.05, 0.1) is 6.61 Å². The Labute approximate surface area is 151 Å². The summed E-state index contributed by atoms with van der Waals surface area (Å²) in [6, 6.07) is 13.3. The molecule has 1 unspecified atom stereocenters. The minimum absolute atomic E-state index is 0.118. The fourth-order valence-corrected chi connectivity index (χ4v) is 3.29. The van der Waals surface area contributed by atoms with E-state index in [2.05, 4.69) is 17.2 Å². The number of pyridine rings is 1. The lowest BCUT2D eigenvalue weighted by Crippen LogP contribution is -2.30. The van der Waals surface area contributed by atoms with Gasteiger partial charge < -0.3 is 10.1 Å². The molecule has 1 aliphatic rings. The largest absolute Gasteiger partial charge is 0.493 e. The van der Waals surface area contributed by atoms with Crippen LogP contribution in [0.3, 0.4) is 0 Å². The van der Waals surface area contributed by atoms with Crippen molar-refractivity contribution in [2.75, 3.05) is 6.61 Å². The van der Waals surface area contributed by atoms with Crippen LogP contribution >= 0.6 is 11.8 Å². The summed E-state index contributed by atoms with van der Waals surface area (Å²) in [6.07, 6.45) is 2.19. The molecule has 1 aliphatic heterocycles. The van der Waals surface area contributed by atoms with Crippen molar-refractivity contribution in [2.45, 2.75) is 32.2 Å². The third-order valence-corrected chi connectivity index (χ3v) is 4.78. The van der Waals surface area contributed by atoms with Gasteiger partial charge in [0.25, 0.3) is 5.24 Å². The maximum Gasteiger partial charge on any atom is 0.287 e. The van der Waals surface area contributed by atoms with E-state index in [4.69, 9.17) is 4.74 Å². The molecule has 0 spiro atoms. The molecule has 3 rings (SSSR count). The Balaban J connectivity index is 1.49. The van der Waals surface area contributed by atoms with Gasteiger partial charge in [-0.3, -0.25) is 14.6 Å². The summed E-state index contributed by atoms with van der Waals surface area (Å²) in [4.78, 5) is 27.4. The number of carbonyl (C=O) groups is 2. The van der Waals surface area contributed by atoms with Crippen molar-refractivity contribution in [3.05, 3.63) is 59.4 Å². The number of thioether (sulfide) groups is 1. The Morgan fingerprint density at radius 1 is 1.12 bits per heavy atom. The lowest BCUT2D eigenvalue weighted by atomic mass is 10.1. The summed E-state index contributed by atoms with van der Waals surface area (Å²) in [7, 11) is 0. The standard InChI is InChI=1S/C19H20N2O3S/c1-2-14-4-3-5-15(20-14)10-11-24-16-8-6-13(7-9-16)12-17-18(22)25-19(23)21-17/h3-9,17H,2,10-12H2,1H3,(H,21,23). The van der Waals surface area contributed by atoms with Gasteiger partial charge in [-0.2, -0.15) is 0 Å². The first-order valence-electron chi connectivity index (χ1n) is 8.33. The highest BCUT2D eigenvalue weighted by Crippen LogP contribution is 2.20. The summed E-state index contributed by atoms with van der Waals surface area (Å²) in [6.45, 7) is 2.65. The Kier molecular flexibility index (Phi) is 5.71. The van der Waals surface area contributed by atoms with Gasteiger partial charge in [-0.1, -0.05) is 25.1 Å². The van der Waals surface area contributed by atoms with Gasteiger partial charge >= 0.3 is 0 Å². The highest BCUT2D eigenvalue weighted by atomic mass is 32.2. The zero-order valence-corrected chi connectivity index (χ0v) is 14.8. The minimum atomic E-state index is -0.429. The van der Waals surface area contributed by atoms with Crippen LogP contribution in [0.15, 0.2) is 42.5 Å². The smallest absolute Gasteiger partial charge is 0.287 e. The maximum absolute atomic E-state index is 11.6. The van der Waals surface area contributed by atoms with E-state index >= 15 is 0 Å². The number of aromatic nitrogens is 1. The number of aryl methyl sites for hydroxylation is 1. The molecule has 2 heterocycles. The second kappa shape index (κ2) is 8.16. The van der Waals surface area contributed by atoms with Crippen LogP contribution in [0.1, 0.15) is 23.9 Å². The lowest BCUT2D eigenvalue weighted by Gasteiger charge is -2.10. The van der Waals surface area contributed by atoms with Gasteiger partial charge in [-0.15, -0.1) is 0 Å². The van der Waals surface area contributed by atoms with Crippen molar-refractivity contribution >= 4 is 22.1 Å². The predicted molar refractivity (Wildman–Crippen MR) is 97.9 cm³/mol. The predicted octanol–water partition coefficient (Wildman–Crippen LogP) is 3.16. The SMILES string of the molecule is CCc1cccc(CCOc2ccc(CC3NC(=O)SC3=O)cc2)n1. The summed E-state index contributed by atoms with van der Waals surface area (Å²) >= 11 is 0.743. The Bertz CT molecular complexity index is 762. The topological polar surface area (TPSA) is 68.3 Å². The van der Waals surface area contributed by atoms with Gasteiger partial charge in [-0.25, -0.2) is 0 Å². The monoisotopic (exact) mass is 356 g/mol. The molecule has 1 N–H and O–H groups in total. The number of hydrogen-bond acceptors (Lipinski definition) is 5. The van der Waals surface area contributed by atoms with Crippen molar-refractivity contribution in [3.8, 4) is 5.75 Å². The number of amides is 1. The third kappa shape index (κ3) is 4.82. The van der Waals surface area contributed by atoms with Crippen LogP contribution in [0.5, 0.6) is 5.75 Å². The summed E-state index contributed by atoms with van der Waals surface area (Å²) in [5, 5.41) is 2.28. The molecule has 0 saturated carbocycles. The van der Waals surface area contributed by atoms with E-state index < -0.39 is 6.04 Å². The van der Waals surface area contributed by atoms with Gasteiger partial charge in [0.2, 0.25) is 5.12 Å². The molecule has 2 aromatic rings. The van der Waals surface area contributed by atoms with Crippen LogP contribution < -0.4 is 10.1 Å². The first kappa shape index (κ1) is 17.5.